The Morgan fingerprint density at radius 1 is 1.09 bits per heavy atom. The Morgan fingerprint density at radius 2 is 1.73 bits per heavy atom. The van der Waals surface area contributed by atoms with Crippen molar-refractivity contribution in [2.75, 3.05) is 6.61 Å². The molecule has 0 spiro atoms. The zero-order valence-electron chi connectivity index (χ0n) is 13.4. The third-order valence-electron chi connectivity index (χ3n) is 3.51. The molecule has 1 N–H and O–H groups in total. The first-order chi connectivity index (χ1) is 10.6. The highest BCUT2D eigenvalue weighted by atomic mass is 16.5. The van der Waals surface area contributed by atoms with Crippen molar-refractivity contribution < 1.29 is 9.53 Å². The minimum atomic E-state index is -0.102. The van der Waals surface area contributed by atoms with Crippen molar-refractivity contribution in [1.29, 1.82) is 0 Å². The predicted octanol–water partition coefficient (Wildman–Crippen LogP) is 3.95. The van der Waals surface area contributed by atoms with Gasteiger partial charge in [-0.25, -0.2) is 0 Å². The van der Waals surface area contributed by atoms with Crippen molar-refractivity contribution in [3.63, 3.8) is 0 Å². The van der Waals surface area contributed by atoms with Crippen molar-refractivity contribution in [2.24, 2.45) is 0 Å². The van der Waals surface area contributed by atoms with E-state index in [4.69, 9.17) is 4.74 Å². The van der Waals surface area contributed by atoms with Crippen LogP contribution in [0.15, 0.2) is 48.5 Å². The molecule has 0 radical (unpaired) electrons. The fourth-order valence-corrected chi connectivity index (χ4v) is 2.51. The number of carbonyl (C=O) groups is 1. The first-order valence-electron chi connectivity index (χ1n) is 7.64. The largest absolute Gasteiger partial charge is 0.484 e. The fraction of sp³-hybridized carbons (Fsp3) is 0.316. The van der Waals surface area contributed by atoms with Crippen LogP contribution in [0.25, 0.3) is 0 Å². The van der Waals surface area contributed by atoms with Crippen LogP contribution in [-0.4, -0.2) is 12.5 Å². The van der Waals surface area contributed by atoms with Gasteiger partial charge in [-0.15, -0.1) is 0 Å². The SMILES string of the molecule is CCC(NC(=O)COc1cc(C)cc(C)c1)c1ccccc1. The zero-order valence-corrected chi connectivity index (χ0v) is 13.4. The highest BCUT2D eigenvalue weighted by Gasteiger charge is 2.12. The van der Waals surface area contributed by atoms with Gasteiger partial charge in [-0.1, -0.05) is 43.3 Å². The minimum absolute atomic E-state index is 0.0246. The summed E-state index contributed by atoms with van der Waals surface area (Å²) in [6, 6.07) is 16.0. The van der Waals surface area contributed by atoms with Gasteiger partial charge in [0.1, 0.15) is 5.75 Å². The van der Waals surface area contributed by atoms with Gasteiger partial charge in [-0.3, -0.25) is 4.79 Å². The molecule has 1 amide bonds. The van der Waals surface area contributed by atoms with Gasteiger partial charge in [0.15, 0.2) is 6.61 Å². The van der Waals surface area contributed by atoms with E-state index in [9.17, 15) is 4.79 Å². The van der Waals surface area contributed by atoms with Gasteiger partial charge in [0, 0.05) is 0 Å². The summed E-state index contributed by atoms with van der Waals surface area (Å²) in [4.78, 5) is 12.1. The van der Waals surface area contributed by atoms with Gasteiger partial charge in [-0.2, -0.15) is 0 Å². The molecule has 0 aromatic heterocycles. The molecule has 0 aliphatic carbocycles. The number of amides is 1. The van der Waals surface area contributed by atoms with Crippen LogP contribution in [0.4, 0.5) is 0 Å². The van der Waals surface area contributed by atoms with Crippen molar-refractivity contribution in [2.45, 2.75) is 33.2 Å². The molecule has 3 heteroatoms. The van der Waals surface area contributed by atoms with E-state index in [1.54, 1.807) is 0 Å². The number of carbonyl (C=O) groups excluding carboxylic acids is 1. The second kappa shape index (κ2) is 7.64. The van der Waals surface area contributed by atoms with Gasteiger partial charge < -0.3 is 10.1 Å². The third kappa shape index (κ3) is 4.62. The molecule has 1 atom stereocenters. The Labute approximate surface area is 132 Å². The summed E-state index contributed by atoms with van der Waals surface area (Å²) < 4.78 is 5.60. The highest BCUT2D eigenvalue weighted by molar-refractivity contribution is 5.78. The Bertz CT molecular complexity index is 602. The van der Waals surface area contributed by atoms with E-state index in [1.807, 2.05) is 56.3 Å². The molecule has 2 aromatic rings. The van der Waals surface area contributed by atoms with Crippen LogP contribution in [0.1, 0.15) is 36.1 Å². The van der Waals surface area contributed by atoms with Crippen molar-refractivity contribution >= 4 is 5.91 Å². The first kappa shape index (κ1) is 16.1. The maximum absolute atomic E-state index is 12.1. The summed E-state index contributed by atoms with van der Waals surface area (Å²) in [6.07, 6.45) is 0.847. The molecule has 22 heavy (non-hydrogen) atoms. The molecule has 3 nitrogen and oxygen atoms in total. The molecule has 0 bridgehead atoms. The van der Waals surface area contributed by atoms with Gasteiger partial charge in [0.25, 0.3) is 5.91 Å². The van der Waals surface area contributed by atoms with Crippen LogP contribution in [0.5, 0.6) is 5.75 Å². The molecular weight excluding hydrogens is 274 g/mol. The number of benzene rings is 2. The smallest absolute Gasteiger partial charge is 0.258 e. The lowest BCUT2D eigenvalue weighted by molar-refractivity contribution is -0.123. The van der Waals surface area contributed by atoms with Crippen LogP contribution in [0.2, 0.25) is 0 Å². The Hall–Kier alpha value is -2.29. The molecular formula is C19H23NO2. The summed E-state index contributed by atoms with van der Waals surface area (Å²) in [5.74, 6) is 0.635. The van der Waals surface area contributed by atoms with E-state index in [-0.39, 0.29) is 18.6 Å². The second-order valence-electron chi connectivity index (χ2n) is 5.55. The van der Waals surface area contributed by atoms with Crippen LogP contribution in [0, 0.1) is 13.8 Å². The number of hydrogen-bond acceptors (Lipinski definition) is 2. The summed E-state index contributed by atoms with van der Waals surface area (Å²) in [5.41, 5.74) is 3.38. The standard InChI is InChI=1S/C19H23NO2/c1-4-18(16-8-6-5-7-9-16)20-19(21)13-22-17-11-14(2)10-15(3)12-17/h5-12,18H,4,13H2,1-3H3,(H,20,21). The maximum Gasteiger partial charge on any atom is 0.258 e. The third-order valence-corrected chi connectivity index (χ3v) is 3.51. The number of ether oxygens (including phenoxy) is 1. The predicted molar refractivity (Wildman–Crippen MR) is 89.0 cm³/mol. The Morgan fingerprint density at radius 3 is 2.32 bits per heavy atom. The number of aryl methyl sites for hydroxylation is 2. The van der Waals surface area contributed by atoms with Gasteiger partial charge in [-0.05, 0) is 49.1 Å². The summed E-state index contributed by atoms with van der Waals surface area (Å²) in [5, 5.41) is 3.02. The van der Waals surface area contributed by atoms with Gasteiger partial charge in [0.05, 0.1) is 6.04 Å². The lowest BCUT2D eigenvalue weighted by Crippen LogP contribution is -2.32. The average Bonchev–Trinajstić information content (AvgIpc) is 2.50. The normalized spacial score (nSPS) is 11.8. The molecule has 0 saturated carbocycles. The molecule has 0 saturated heterocycles. The first-order valence-corrected chi connectivity index (χ1v) is 7.64. The monoisotopic (exact) mass is 297 g/mol. The molecule has 1 unspecified atom stereocenters. The maximum atomic E-state index is 12.1. The van der Waals surface area contributed by atoms with E-state index in [2.05, 4.69) is 18.3 Å². The Balaban J connectivity index is 1.92. The van der Waals surface area contributed by atoms with Crippen LogP contribution >= 0.6 is 0 Å². The van der Waals surface area contributed by atoms with Crippen molar-refractivity contribution in [3.05, 3.63) is 65.2 Å². The van der Waals surface area contributed by atoms with Crippen LogP contribution < -0.4 is 10.1 Å². The average molecular weight is 297 g/mol. The molecule has 0 heterocycles. The van der Waals surface area contributed by atoms with E-state index in [0.29, 0.717) is 0 Å². The summed E-state index contributed by atoms with van der Waals surface area (Å²) >= 11 is 0. The molecule has 116 valence electrons. The van der Waals surface area contributed by atoms with E-state index in [1.165, 1.54) is 0 Å². The highest BCUT2D eigenvalue weighted by Crippen LogP contribution is 2.17. The fourth-order valence-electron chi connectivity index (χ4n) is 2.51. The second-order valence-corrected chi connectivity index (χ2v) is 5.55. The van der Waals surface area contributed by atoms with Crippen molar-refractivity contribution in [1.82, 2.24) is 5.32 Å². The number of rotatable bonds is 6. The lowest BCUT2D eigenvalue weighted by atomic mass is 10.0. The minimum Gasteiger partial charge on any atom is -0.484 e. The molecule has 0 fully saturated rings. The van der Waals surface area contributed by atoms with Gasteiger partial charge >= 0.3 is 0 Å². The van der Waals surface area contributed by atoms with E-state index >= 15 is 0 Å². The lowest BCUT2D eigenvalue weighted by Gasteiger charge is -2.17. The Kier molecular flexibility index (Phi) is 5.59. The molecule has 0 aliphatic heterocycles. The summed E-state index contributed by atoms with van der Waals surface area (Å²) in [7, 11) is 0. The molecule has 2 aromatic carbocycles. The van der Waals surface area contributed by atoms with Crippen LogP contribution in [-0.2, 0) is 4.79 Å². The topological polar surface area (TPSA) is 38.3 Å². The van der Waals surface area contributed by atoms with Gasteiger partial charge in [0.2, 0.25) is 0 Å². The van der Waals surface area contributed by atoms with Crippen molar-refractivity contribution in [3.8, 4) is 5.75 Å². The number of nitrogens with one attached hydrogen (secondary N) is 1. The molecule has 0 aliphatic rings. The zero-order chi connectivity index (χ0) is 15.9. The molecule has 2 rings (SSSR count). The summed E-state index contributed by atoms with van der Waals surface area (Å²) in [6.45, 7) is 6.12. The van der Waals surface area contributed by atoms with E-state index < -0.39 is 0 Å². The van der Waals surface area contributed by atoms with Crippen LogP contribution in [0.3, 0.4) is 0 Å². The quantitative estimate of drug-likeness (QED) is 0.876. The number of hydrogen-bond donors (Lipinski definition) is 1. The van der Waals surface area contributed by atoms with E-state index in [0.717, 1.165) is 28.9 Å².